The molecule has 1 aliphatic heterocycles. The first-order valence-corrected chi connectivity index (χ1v) is 12.2. The van der Waals surface area contributed by atoms with Gasteiger partial charge in [-0.15, -0.1) is 0 Å². The maximum atomic E-state index is 13.3. The van der Waals surface area contributed by atoms with Crippen molar-refractivity contribution in [2.24, 2.45) is 34.5 Å². The van der Waals surface area contributed by atoms with E-state index >= 15 is 0 Å². The summed E-state index contributed by atoms with van der Waals surface area (Å²) < 4.78 is 12.7. The minimum atomic E-state index is -1.29. The highest BCUT2D eigenvalue weighted by atomic mass is 16.6. The highest BCUT2D eigenvalue weighted by Gasteiger charge is 2.83. The molecule has 6 nitrogen and oxygen atoms in total. The molecular formula is C25H36O6. The van der Waals surface area contributed by atoms with E-state index < -0.39 is 17.6 Å². The summed E-state index contributed by atoms with van der Waals surface area (Å²) in [6.45, 7) is 7.56. The average Bonchev–Trinajstić information content (AvgIpc) is 3.41. The van der Waals surface area contributed by atoms with Gasteiger partial charge in [0.2, 0.25) is 5.78 Å². The average molecular weight is 433 g/mol. The topological polar surface area (TPSA) is 93.2 Å². The van der Waals surface area contributed by atoms with Gasteiger partial charge < -0.3 is 14.6 Å². The number of ketones is 2. The molecule has 0 aromatic carbocycles. The molecule has 9 atom stereocenters. The molecule has 5 aliphatic rings. The van der Waals surface area contributed by atoms with Crippen LogP contribution in [-0.4, -0.2) is 46.6 Å². The summed E-state index contributed by atoms with van der Waals surface area (Å²) in [4.78, 5) is 37.9. The number of aliphatic hydroxyl groups excluding tert-OH is 1. The van der Waals surface area contributed by atoms with E-state index in [0.717, 1.165) is 25.7 Å². The summed E-state index contributed by atoms with van der Waals surface area (Å²) in [5, 5.41) is 9.89. The number of carbonyl (C=O) groups excluding carboxylic acids is 3. The van der Waals surface area contributed by atoms with Crippen LogP contribution in [-0.2, 0) is 23.9 Å². The highest BCUT2D eigenvalue weighted by molar-refractivity contribution is 5.92. The predicted molar refractivity (Wildman–Crippen MR) is 112 cm³/mol. The quantitative estimate of drug-likeness (QED) is 0.542. The number of Topliss-reactive ketones (excluding diaryl/α,β-unsaturated/α-hetero) is 2. The van der Waals surface area contributed by atoms with Crippen LogP contribution in [0.15, 0.2) is 0 Å². The van der Waals surface area contributed by atoms with Crippen LogP contribution < -0.4 is 0 Å². The Morgan fingerprint density at radius 2 is 1.94 bits per heavy atom. The van der Waals surface area contributed by atoms with Crippen molar-refractivity contribution in [2.75, 3.05) is 6.61 Å². The molecule has 1 N–H and O–H groups in total. The number of rotatable bonds is 4. The molecule has 6 heteroatoms. The molecule has 31 heavy (non-hydrogen) atoms. The van der Waals surface area contributed by atoms with Crippen molar-refractivity contribution in [1.29, 1.82) is 0 Å². The zero-order valence-corrected chi connectivity index (χ0v) is 19.2. The Bertz CT molecular complexity index is 838. The summed E-state index contributed by atoms with van der Waals surface area (Å²) in [6.07, 6.45) is 5.87. The Morgan fingerprint density at radius 3 is 2.61 bits per heavy atom. The number of esters is 1. The molecule has 5 fully saturated rings. The summed E-state index contributed by atoms with van der Waals surface area (Å²) in [5.74, 6) is 0.335. The molecule has 0 bridgehead atoms. The number of aliphatic hydroxyl groups is 1. The van der Waals surface area contributed by atoms with Crippen LogP contribution in [0.5, 0.6) is 0 Å². The van der Waals surface area contributed by atoms with Gasteiger partial charge in [-0.3, -0.25) is 14.4 Å². The molecule has 4 aliphatic carbocycles. The van der Waals surface area contributed by atoms with Gasteiger partial charge in [0.05, 0.1) is 6.10 Å². The smallest absolute Gasteiger partial charge is 0.306 e. The summed E-state index contributed by atoms with van der Waals surface area (Å²) in [7, 11) is 0. The third-order valence-electron chi connectivity index (χ3n) is 10.5. The Kier molecular flexibility index (Phi) is 4.61. The molecule has 0 amide bonds. The fraction of sp³-hybridized carbons (Fsp3) is 0.880. The molecule has 172 valence electrons. The van der Waals surface area contributed by atoms with Gasteiger partial charge in [-0.2, -0.15) is 0 Å². The third-order valence-corrected chi connectivity index (χ3v) is 10.5. The molecule has 0 radical (unpaired) electrons. The second kappa shape index (κ2) is 6.63. The van der Waals surface area contributed by atoms with Crippen LogP contribution in [0.4, 0.5) is 0 Å². The lowest BCUT2D eigenvalue weighted by atomic mass is 9.44. The van der Waals surface area contributed by atoms with Gasteiger partial charge in [-0.1, -0.05) is 27.7 Å². The predicted octanol–water partition coefficient (Wildman–Crippen LogP) is 3.23. The molecule has 5 rings (SSSR count). The Morgan fingerprint density at radius 1 is 1.19 bits per heavy atom. The SMILES string of the molecule is CCC(=O)O[C@]1(C(=O)CO)C(C)C[C@H]2[C@@H]3CCC4CC(=O)CC[C@]4(C)[C@]34OC4C[C@@]21C. The molecule has 3 unspecified atom stereocenters. The number of epoxide rings is 1. The number of hydrogen-bond donors (Lipinski definition) is 1. The van der Waals surface area contributed by atoms with Crippen molar-refractivity contribution in [3.05, 3.63) is 0 Å². The fourth-order valence-corrected chi connectivity index (χ4v) is 9.06. The molecule has 1 spiro atoms. The monoisotopic (exact) mass is 432 g/mol. The van der Waals surface area contributed by atoms with Gasteiger partial charge in [0.1, 0.15) is 18.0 Å². The highest BCUT2D eigenvalue weighted by Crippen LogP contribution is 2.77. The van der Waals surface area contributed by atoms with Gasteiger partial charge in [-0.05, 0) is 49.9 Å². The van der Waals surface area contributed by atoms with E-state index in [-0.39, 0.29) is 47.1 Å². The second-order valence-electron chi connectivity index (χ2n) is 11.5. The van der Waals surface area contributed by atoms with Crippen LogP contribution in [0.3, 0.4) is 0 Å². The first kappa shape index (κ1) is 21.6. The molecular weight excluding hydrogens is 396 g/mol. The fourth-order valence-electron chi connectivity index (χ4n) is 9.06. The first-order chi connectivity index (χ1) is 14.6. The van der Waals surface area contributed by atoms with Crippen LogP contribution in [0, 0.1) is 34.5 Å². The van der Waals surface area contributed by atoms with Crippen LogP contribution in [0.2, 0.25) is 0 Å². The van der Waals surface area contributed by atoms with Crippen molar-refractivity contribution < 1.29 is 29.0 Å². The van der Waals surface area contributed by atoms with Gasteiger partial charge in [0, 0.05) is 36.0 Å². The van der Waals surface area contributed by atoms with Crippen LogP contribution in [0.25, 0.3) is 0 Å². The zero-order valence-electron chi connectivity index (χ0n) is 19.2. The van der Waals surface area contributed by atoms with Gasteiger partial charge >= 0.3 is 5.97 Å². The van der Waals surface area contributed by atoms with Gasteiger partial charge in [0.15, 0.2) is 5.60 Å². The van der Waals surface area contributed by atoms with E-state index in [9.17, 15) is 19.5 Å². The lowest BCUT2D eigenvalue weighted by molar-refractivity contribution is -0.195. The minimum absolute atomic E-state index is 0.00854. The number of hydrogen-bond acceptors (Lipinski definition) is 6. The minimum Gasteiger partial charge on any atom is -0.450 e. The Labute approximate surface area is 184 Å². The maximum Gasteiger partial charge on any atom is 0.306 e. The van der Waals surface area contributed by atoms with E-state index in [2.05, 4.69) is 13.8 Å². The molecule has 0 aromatic rings. The molecule has 4 saturated carbocycles. The third kappa shape index (κ3) is 2.39. The molecule has 1 heterocycles. The first-order valence-electron chi connectivity index (χ1n) is 12.2. The molecule has 0 aromatic heterocycles. The summed E-state index contributed by atoms with van der Waals surface area (Å²) in [5.41, 5.74) is -2.07. The van der Waals surface area contributed by atoms with Gasteiger partial charge in [-0.25, -0.2) is 0 Å². The largest absolute Gasteiger partial charge is 0.450 e. The van der Waals surface area contributed by atoms with Crippen molar-refractivity contribution >= 4 is 17.5 Å². The lowest BCUT2D eigenvalue weighted by Gasteiger charge is -2.59. The van der Waals surface area contributed by atoms with Crippen molar-refractivity contribution in [2.45, 2.75) is 96.4 Å². The summed E-state index contributed by atoms with van der Waals surface area (Å²) >= 11 is 0. The van der Waals surface area contributed by atoms with Crippen LogP contribution >= 0.6 is 0 Å². The molecule has 1 saturated heterocycles. The van der Waals surface area contributed by atoms with E-state index in [1.54, 1.807) is 6.92 Å². The second-order valence-corrected chi connectivity index (χ2v) is 11.5. The Hall–Kier alpha value is -1.27. The number of ether oxygens (including phenoxy) is 2. The van der Waals surface area contributed by atoms with Crippen molar-refractivity contribution in [3.63, 3.8) is 0 Å². The van der Waals surface area contributed by atoms with E-state index in [0.29, 0.717) is 36.9 Å². The van der Waals surface area contributed by atoms with E-state index in [1.165, 1.54) is 0 Å². The van der Waals surface area contributed by atoms with Crippen LogP contribution in [0.1, 0.15) is 79.1 Å². The Balaban J connectivity index is 1.57. The normalized spacial score (nSPS) is 52.4. The lowest BCUT2D eigenvalue weighted by Crippen LogP contribution is -2.65. The number of fused-ring (bicyclic) bond motifs is 3. The van der Waals surface area contributed by atoms with Crippen molar-refractivity contribution in [3.8, 4) is 0 Å². The zero-order chi connectivity index (χ0) is 22.4. The number of carbonyl (C=O) groups is 3. The van der Waals surface area contributed by atoms with Crippen molar-refractivity contribution in [1.82, 2.24) is 0 Å². The summed E-state index contributed by atoms with van der Waals surface area (Å²) in [6, 6.07) is 0. The standard InChI is InChI=1S/C25H36O6/c1-5-21(29)31-24(19(28)13-26)14(2)10-18-17-7-6-15-11-16(27)8-9-22(15,3)25(17)20(30-25)12-23(18,24)4/h14-15,17-18,20,26H,5-13H2,1-4H3/t14?,15?,17-,18-,20?,22-,23-,24-,25-/m0/s1. The van der Waals surface area contributed by atoms with E-state index in [1.807, 2.05) is 6.92 Å². The van der Waals surface area contributed by atoms with Gasteiger partial charge in [0.25, 0.3) is 0 Å². The maximum absolute atomic E-state index is 13.3. The van der Waals surface area contributed by atoms with E-state index in [4.69, 9.17) is 9.47 Å².